The number of nitrogens with one attached hydrogen (secondary N) is 2. The molecular weight excluding hydrogens is 416 g/mol. The molecule has 1 amide bonds. The van der Waals surface area contributed by atoms with Crippen LogP contribution in [0.15, 0.2) is 70.3 Å². The van der Waals surface area contributed by atoms with Gasteiger partial charge in [-0.25, -0.2) is 13.4 Å². The van der Waals surface area contributed by atoms with Crippen LogP contribution in [0.2, 0.25) is 0 Å². The van der Waals surface area contributed by atoms with E-state index in [1.807, 2.05) is 12.1 Å². The minimum atomic E-state index is -3.48. The topological polar surface area (TPSA) is 105 Å². The molecule has 9 heteroatoms. The molecule has 3 heterocycles. The molecule has 0 unspecified atom stereocenters. The first-order chi connectivity index (χ1) is 15.0. The maximum Gasteiger partial charge on any atom is 0.291 e. The number of aromatic nitrogens is 1. The van der Waals surface area contributed by atoms with E-state index in [4.69, 9.17) is 4.42 Å². The third-order valence-electron chi connectivity index (χ3n) is 5.12. The molecule has 162 valence electrons. The van der Waals surface area contributed by atoms with Crippen molar-refractivity contribution < 1.29 is 17.6 Å². The van der Waals surface area contributed by atoms with Gasteiger partial charge in [0, 0.05) is 31.5 Å². The number of rotatable bonds is 7. The molecule has 0 spiro atoms. The Morgan fingerprint density at radius 1 is 1.03 bits per heavy atom. The average Bonchev–Trinajstić information content (AvgIpc) is 3.35. The first-order valence-corrected chi connectivity index (χ1v) is 11.6. The third kappa shape index (κ3) is 5.12. The number of carbonyl (C=O) groups is 1. The lowest BCUT2D eigenvalue weighted by Crippen LogP contribution is -2.35. The van der Waals surface area contributed by atoms with E-state index in [2.05, 4.69) is 15.6 Å². The first kappa shape index (κ1) is 21.1. The van der Waals surface area contributed by atoms with Crippen molar-refractivity contribution >= 4 is 27.4 Å². The highest BCUT2D eigenvalue weighted by molar-refractivity contribution is 7.89. The fourth-order valence-corrected chi connectivity index (χ4v) is 4.85. The molecule has 3 aromatic rings. The maximum atomic E-state index is 12.7. The number of pyridine rings is 1. The predicted molar refractivity (Wildman–Crippen MR) is 117 cm³/mol. The highest BCUT2D eigenvalue weighted by Gasteiger charge is 2.26. The molecule has 0 bridgehead atoms. The van der Waals surface area contributed by atoms with Crippen molar-refractivity contribution in [2.24, 2.45) is 0 Å². The number of anilines is 2. The zero-order valence-electron chi connectivity index (χ0n) is 17.0. The Bertz CT molecular complexity index is 1110. The highest BCUT2D eigenvalue weighted by Crippen LogP contribution is 2.21. The number of furan rings is 1. The summed E-state index contributed by atoms with van der Waals surface area (Å²) in [4.78, 5) is 16.5. The molecule has 0 saturated carbocycles. The molecule has 0 radical (unpaired) electrons. The van der Waals surface area contributed by atoms with Crippen LogP contribution in [0, 0.1) is 0 Å². The van der Waals surface area contributed by atoms with Crippen molar-refractivity contribution in [1.29, 1.82) is 0 Å². The van der Waals surface area contributed by atoms with Gasteiger partial charge in [-0.1, -0.05) is 18.6 Å². The van der Waals surface area contributed by atoms with Gasteiger partial charge < -0.3 is 15.1 Å². The number of piperidine rings is 1. The third-order valence-corrected chi connectivity index (χ3v) is 7.00. The standard InChI is InChI=1S/C22H24N4O4S/c27-22(20-5-4-14-30-20)25-18-8-6-17(7-9-18)15-23-21-11-10-19(16-24-21)31(28,29)26-12-2-1-3-13-26/h4-11,14,16H,1-3,12-13,15H2,(H,23,24)(H,25,27). The van der Waals surface area contributed by atoms with Crippen LogP contribution in [-0.2, 0) is 16.6 Å². The van der Waals surface area contributed by atoms with E-state index in [0.717, 1.165) is 24.8 Å². The van der Waals surface area contributed by atoms with E-state index in [1.165, 1.54) is 16.8 Å². The van der Waals surface area contributed by atoms with Crippen LogP contribution < -0.4 is 10.6 Å². The monoisotopic (exact) mass is 440 g/mol. The largest absolute Gasteiger partial charge is 0.459 e. The van der Waals surface area contributed by atoms with Crippen molar-refractivity contribution in [2.75, 3.05) is 23.7 Å². The van der Waals surface area contributed by atoms with Crippen molar-refractivity contribution in [3.05, 3.63) is 72.3 Å². The number of amides is 1. The number of hydrogen-bond acceptors (Lipinski definition) is 6. The van der Waals surface area contributed by atoms with E-state index in [1.54, 1.807) is 36.4 Å². The van der Waals surface area contributed by atoms with Gasteiger partial charge >= 0.3 is 0 Å². The molecular formula is C22H24N4O4S. The fraction of sp³-hybridized carbons (Fsp3) is 0.273. The number of carbonyl (C=O) groups excluding carboxylic acids is 1. The SMILES string of the molecule is O=C(Nc1ccc(CNc2ccc(S(=O)(=O)N3CCCCC3)cn2)cc1)c1ccco1. The summed E-state index contributed by atoms with van der Waals surface area (Å²) in [5, 5.41) is 5.95. The van der Waals surface area contributed by atoms with E-state index in [-0.39, 0.29) is 16.6 Å². The van der Waals surface area contributed by atoms with Crippen molar-refractivity contribution in [1.82, 2.24) is 9.29 Å². The van der Waals surface area contributed by atoms with Gasteiger partial charge in [-0.2, -0.15) is 4.31 Å². The van der Waals surface area contributed by atoms with Gasteiger partial charge in [-0.3, -0.25) is 4.79 Å². The number of sulfonamides is 1. The molecule has 0 aliphatic carbocycles. The van der Waals surface area contributed by atoms with Gasteiger partial charge in [0.1, 0.15) is 10.7 Å². The van der Waals surface area contributed by atoms with Gasteiger partial charge in [-0.05, 0) is 54.8 Å². The number of nitrogens with zero attached hydrogens (tertiary/aromatic N) is 2. The summed E-state index contributed by atoms with van der Waals surface area (Å²) in [6.45, 7) is 1.65. The average molecular weight is 441 g/mol. The van der Waals surface area contributed by atoms with Crippen LogP contribution >= 0.6 is 0 Å². The Morgan fingerprint density at radius 3 is 2.45 bits per heavy atom. The molecule has 1 aliphatic heterocycles. The number of hydrogen-bond donors (Lipinski definition) is 2. The lowest BCUT2D eigenvalue weighted by molar-refractivity contribution is 0.0996. The molecule has 8 nitrogen and oxygen atoms in total. The van der Waals surface area contributed by atoms with Crippen LogP contribution in [0.25, 0.3) is 0 Å². The summed E-state index contributed by atoms with van der Waals surface area (Å²) >= 11 is 0. The van der Waals surface area contributed by atoms with E-state index in [0.29, 0.717) is 31.1 Å². The summed E-state index contributed by atoms with van der Waals surface area (Å²) in [6, 6.07) is 13.9. The van der Waals surface area contributed by atoms with Crippen LogP contribution in [-0.4, -0.2) is 36.7 Å². The van der Waals surface area contributed by atoms with Gasteiger partial charge in [0.2, 0.25) is 10.0 Å². The lowest BCUT2D eigenvalue weighted by Gasteiger charge is -2.25. The molecule has 31 heavy (non-hydrogen) atoms. The molecule has 4 rings (SSSR count). The maximum absolute atomic E-state index is 12.7. The molecule has 2 N–H and O–H groups in total. The zero-order valence-corrected chi connectivity index (χ0v) is 17.8. The second-order valence-electron chi connectivity index (χ2n) is 7.33. The molecule has 2 aromatic heterocycles. The summed E-state index contributed by atoms with van der Waals surface area (Å²) in [5.41, 5.74) is 1.65. The quantitative estimate of drug-likeness (QED) is 0.580. The molecule has 1 aromatic carbocycles. The van der Waals surface area contributed by atoms with Crippen molar-refractivity contribution in [3.8, 4) is 0 Å². The van der Waals surface area contributed by atoms with Gasteiger partial charge in [0.05, 0.1) is 6.26 Å². The van der Waals surface area contributed by atoms with Crippen LogP contribution in [0.4, 0.5) is 11.5 Å². The van der Waals surface area contributed by atoms with Crippen molar-refractivity contribution in [2.45, 2.75) is 30.7 Å². The first-order valence-electron chi connectivity index (χ1n) is 10.2. The Labute approximate surface area is 181 Å². The van der Waals surface area contributed by atoms with E-state index in [9.17, 15) is 13.2 Å². The van der Waals surface area contributed by atoms with Gasteiger partial charge in [-0.15, -0.1) is 0 Å². The summed E-state index contributed by atoms with van der Waals surface area (Å²) in [5.74, 6) is 0.537. The Kier molecular flexibility index (Phi) is 6.34. The smallest absolute Gasteiger partial charge is 0.291 e. The predicted octanol–water partition coefficient (Wildman–Crippen LogP) is 3.71. The van der Waals surface area contributed by atoms with E-state index < -0.39 is 10.0 Å². The zero-order chi connectivity index (χ0) is 21.7. The normalized spacial score (nSPS) is 14.8. The highest BCUT2D eigenvalue weighted by atomic mass is 32.2. The Morgan fingerprint density at radius 2 is 1.81 bits per heavy atom. The van der Waals surface area contributed by atoms with Gasteiger partial charge in [0.25, 0.3) is 5.91 Å². The summed E-state index contributed by atoms with van der Waals surface area (Å²) in [7, 11) is -3.48. The second kappa shape index (κ2) is 9.32. The molecule has 1 saturated heterocycles. The Hall–Kier alpha value is -3.17. The van der Waals surface area contributed by atoms with Crippen LogP contribution in [0.3, 0.4) is 0 Å². The van der Waals surface area contributed by atoms with Crippen molar-refractivity contribution in [3.63, 3.8) is 0 Å². The minimum absolute atomic E-state index is 0.219. The molecule has 1 aliphatic rings. The van der Waals surface area contributed by atoms with E-state index >= 15 is 0 Å². The van der Waals surface area contributed by atoms with Crippen LogP contribution in [0.5, 0.6) is 0 Å². The number of benzene rings is 1. The summed E-state index contributed by atoms with van der Waals surface area (Å²) in [6.07, 6.45) is 5.73. The summed E-state index contributed by atoms with van der Waals surface area (Å²) < 4.78 is 32.0. The molecule has 0 atom stereocenters. The lowest BCUT2D eigenvalue weighted by atomic mass is 10.2. The second-order valence-corrected chi connectivity index (χ2v) is 9.26. The van der Waals surface area contributed by atoms with Gasteiger partial charge in [0.15, 0.2) is 5.76 Å². The minimum Gasteiger partial charge on any atom is -0.459 e. The van der Waals surface area contributed by atoms with Crippen LogP contribution in [0.1, 0.15) is 35.4 Å². The Balaban J connectivity index is 1.32. The molecule has 1 fully saturated rings. The fourth-order valence-electron chi connectivity index (χ4n) is 3.39.